The Morgan fingerprint density at radius 3 is 2.42 bits per heavy atom. The van der Waals surface area contributed by atoms with Gasteiger partial charge in [-0.1, -0.05) is 18.2 Å². The molecule has 0 unspecified atom stereocenters. The van der Waals surface area contributed by atoms with Gasteiger partial charge in [-0.25, -0.2) is 9.59 Å². The number of H-pyrrole nitrogens is 1. The van der Waals surface area contributed by atoms with Crippen LogP contribution >= 0.6 is 0 Å². The van der Waals surface area contributed by atoms with Gasteiger partial charge in [-0.2, -0.15) is 0 Å². The molecule has 6 heteroatoms. The number of likely N-dealkylation sites (N-methyl/N-ethyl adjacent to an activating group) is 1. The van der Waals surface area contributed by atoms with Crippen LogP contribution < -0.4 is 5.32 Å². The zero-order chi connectivity index (χ0) is 14.3. The number of aliphatic carboxylic acids is 2. The number of nitrogens with one attached hydrogen (secondary N) is 2. The first kappa shape index (κ1) is 14.7. The van der Waals surface area contributed by atoms with Gasteiger partial charge in [0.2, 0.25) is 0 Å². The minimum atomic E-state index is -1.82. The van der Waals surface area contributed by atoms with Gasteiger partial charge >= 0.3 is 11.9 Å². The fraction of sp³-hybridized carbons (Fsp3) is 0.231. The topological polar surface area (TPSA) is 102 Å². The summed E-state index contributed by atoms with van der Waals surface area (Å²) in [7, 11) is 1.98. The van der Waals surface area contributed by atoms with Gasteiger partial charge in [0.15, 0.2) is 0 Å². The summed E-state index contributed by atoms with van der Waals surface area (Å²) in [6.07, 6.45) is 3.18. The summed E-state index contributed by atoms with van der Waals surface area (Å²) in [6, 6.07) is 8.41. The predicted octanol–water partition coefficient (Wildman–Crippen LogP) is 1.09. The number of hydrogen-bond acceptors (Lipinski definition) is 3. The average molecular weight is 264 g/mol. The Hall–Kier alpha value is -2.34. The molecule has 0 aliphatic heterocycles. The van der Waals surface area contributed by atoms with Crippen molar-refractivity contribution in [3.63, 3.8) is 0 Å². The van der Waals surface area contributed by atoms with Crippen LogP contribution in [0, 0.1) is 0 Å². The van der Waals surface area contributed by atoms with Crippen molar-refractivity contribution < 1.29 is 19.8 Å². The first-order chi connectivity index (χ1) is 9.06. The summed E-state index contributed by atoms with van der Waals surface area (Å²) < 4.78 is 0. The molecule has 0 aliphatic carbocycles. The second-order valence-electron chi connectivity index (χ2n) is 3.82. The highest BCUT2D eigenvalue weighted by atomic mass is 16.4. The summed E-state index contributed by atoms with van der Waals surface area (Å²) in [4.78, 5) is 21.5. The van der Waals surface area contributed by atoms with E-state index in [0.29, 0.717) is 0 Å². The standard InChI is InChI=1S/C11H14N2.C2H2O4/c1-12-7-6-9-8-13-11-5-3-2-4-10(9)11;3-1(4)2(5)6/h2-5,8,12-13H,6-7H2,1H3;(H,3,4)(H,5,6). The molecule has 0 bridgehead atoms. The molecule has 4 N–H and O–H groups in total. The second kappa shape index (κ2) is 7.17. The number of carboxylic acid groups (broad SMARTS) is 2. The lowest BCUT2D eigenvalue weighted by molar-refractivity contribution is -0.159. The molecule has 0 saturated heterocycles. The van der Waals surface area contributed by atoms with Crippen LogP contribution in [-0.2, 0) is 16.0 Å². The van der Waals surface area contributed by atoms with Crippen molar-refractivity contribution in [2.45, 2.75) is 6.42 Å². The van der Waals surface area contributed by atoms with Crippen LogP contribution in [0.25, 0.3) is 10.9 Å². The Morgan fingerprint density at radius 2 is 1.84 bits per heavy atom. The van der Waals surface area contributed by atoms with Crippen LogP contribution in [0.1, 0.15) is 5.56 Å². The van der Waals surface area contributed by atoms with E-state index in [1.54, 1.807) is 0 Å². The fourth-order valence-corrected chi connectivity index (χ4v) is 1.60. The lowest BCUT2D eigenvalue weighted by atomic mass is 10.1. The average Bonchev–Trinajstić information content (AvgIpc) is 2.80. The lowest BCUT2D eigenvalue weighted by Crippen LogP contribution is -2.09. The first-order valence-corrected chi connectivity index (χ1v) is 5.72. The monoisotopic (exact) mass is 264 g/mol. The summed E-state index contributed by atoms with van der Waals surface area (Å²) in [5.74, 6) is -3.65. The highest BCUT2D eigenvalue weighted by Gasteiger charge is 2.04. The number of hydrogen-bond donors (Lipinski definition) is 4. The number of benzene rings is 1. The van der Waals surface area contributed by atoms with Crippen LogP contribution in [0.2, 0.25) is 0 Å². The molecule has 6 nitrogen and oxygen atoms in total. The third kappa shape index (κ3) is 4.44. The van der Waals surface area contributed by atoms with Gasteiger partial charge in [0, 0.05) is 17.1 Å². The van der Waals surface area contributed by atoms with E-state index in [1.807, 2.05) is 7.05 Å². The quantitative estimate of drug-likeness (QED) is 0.621. The molecule has 0 aliphatic rings. The molecule has 19 heavy (non-hydrogen) atoms. The van der Waals surface area contributed by atoms with Crippen molar-refractivity contribution >= 4 is 22.8 Å². The van der Waals surface area contributed by atoms with Crippen molar-refractivity contribution in [2.75, 3.05) is 13.6 Å². The van der Waals surface area contributed by atoms with Gasteiger partial charge in [0.25, 0.3) is 0 Å². The molecule has 0 atom stereocenters. The minimum Gasteiger partial charge on any atom is -0.473 e. The Bertz CT molecular complexity index is 551. The van der Waals surface area contributed by atoms with Gasteiger partial charge < -0.3 is 20.5 Å². The zero-order valence-corrected chi connectivity index (χ0v) is 10.5. The summed E-state index contributed by atoms with van der Waals surface area (Å²) in [5, 5.41) is 19.3. The van der Waals surface area contributed by atoms with Crippen LogP contribution in [0.15, 0.2) is 30.5 Å². The normalized spacial score (nSPS) is 9.74. The molecule has 0 saturated carbocycles. The molecule has 2 rings (SSSR count). The summed E-state index contributed by atoms with van der Waals surface area (Å²) in [5.41, 5.74) is 2.62. The van der Waals surface area contributed by atoms with Crippen LogP contribution in [0.4, 0.5) is 0 Å². The maximum absolute atomic E-state index is 9.10. The van der Waals surface area contributed by atoms with E-state index in [0.717, 1.165) is 13.0 Å². The predicted molar refractivity (Wildman–Crippen MR) is 71.2 cm³/mol. The minimum absolute atomic E-state index is 1.03. The highest BCUT2D eigenvalue weighted by Crippen LogP contribution is 2.17. The van der Waals surface area contributed by atoms with Crippen molar-refractivity contribution in [3.05, 3.63) is 36.0 Å². The van der Waals surface area contributed by atoms with E-state index in [1.165, 1.54) is 16.5 Å². The smallest absolute Gasteiger partial charge is 0.414 e. The van der Waals surface area contributed by atoms with Crippen molar-refractivity contribution in [3.8, 4) is 0 Å². The van der Waals surface area contributed by atoms with Crippen LogP contribution in [0.5, 0.6) is 0 Å². The number of aromatic amines is 1. The van der Waals surface area contributed by atoms with Gasteiger partial charge in [0.1, 0.15) is 0 Å². The van der Waals surface area contributed by atoms with E-state index >= 15 is 0 Å². The summed E-state index contributed by atoms with van der Waals surface area (Å²) >= 11 is 0. The summed E-state index contributed by atoms with van der Waals surface area (Å²) in [6.45, 7) is 1.03. The number of fused-ring (bicyclic) bond motifs is 1. The molecule has 2 aromatic rings. The van der Waals surface area contributed by atoms with Gasteiger partial charge in [-0.05, 0) is 31.6 Å². The largest absolute Gasteiger partial charge is 0.473 e. The number of aromatic nitrogens is 1. The fourth-order valence-electron chi connectivity index (χ4n) is 1.60. The van der Waals surface area contributed by atoms with E-state index in [4.69, 9.17) is 19.8 Å². The molecule has 1 aromatic heterocycles. The number of carbonyl (C=O) groups is 2. The van der Waals surface area contributed by atoms with Gasteiger partial charge in [-0.15, -0.1) is 0 Å². The highest BCUT2D eigenvalue weighted by molar-refractivity contribution is 6.27. The molecule has 1 aromatic carbocycles. The number of para-hydroxylation sites is 1. The van der Waals surface area contributed by atoms with Gasteiger partial charge in [0.05, 0.1) is 0 Å². The molecule has 102 valence electrons. The molecule has 0 amide bonds. The Balaban J connectivity index is 0.000000258. The molecule has 0 radical (unpaired) electrons. The van der Waals surface area contributed by atoms with E-state index in [9.17, 15) is 0 Å². The van der Waals surface area contributed by atoms with Crippen molar-refractivity contribution in [1.82, 2.24) is 10.3 Å². The van der Waals surface area contributed by atoms with Gasteiger partial charge in [-0.3, -0.25) is 0 Å². The SMILES string of the molecule is CNCCc1c[nH]c2ccccc12.O=C(O)C(=O)O. The van der Waals surface area contributed by atoms with E-state index in [2.05, 4.69) is 40.8 Å². The third-order valence-corrected chi connectivity index (χ3v) is 2.50. The molecular weight excluding hydrogens is 248 g/mol. The molecule has 0 spiro atoms. The van der Waals surface area contributed by atoms with E-state index < -0.39 is 11.9 Å². The van der Waals surface area contributed by atoms with Crippen molar-refractivity contribution in [2.24, 2.45) is 0 Å². The third-order valence-electron chi connectivity index (χ3n) is 2.50. The number of rotatable bonds is 3. The number of carboxylic acids is 2. The molecular formula is C13H16N2O4. The first-order valence-electron chi connectivity index (χ1n) is 5.72. The van der Waals surface area contributed by atoms with Crippen molar-refractivity contribution in [1.29, 1.82) is 0 Å². The Labute approximate surface area is 110 Å². The Morgan fingerprint density at radius 1 is 1.21 bits per heavy atom. The van der Waals surface area contributed by atoms with Crippen LogP contribution in [-0.4, -0.2) is 40.7 Å². The second-order valence-corrected chi connectivity index (χ2v) is 3.82. The molecule has 0 fully saturated rings. The van der Waals surface area contributed by atoms with Crippen LogP contribution in [0.3, 0.4) is 0 Å². The van der Waals surface area contributed by atoms with E-state index in [-0.39, 0.29) is 0 Å². The lowest BCUT2D eigenvalue weighted by Gasteiger charge is -1.97. The maximum atomic E-state index is 9.10. The molecule has 1 heterocycles. The zero-order valence-electron chi connectivity index (χ0n) is 10.5. The maximum Gasteiger partial charge on any atom is 0.414 e. The Kier molecular flexibility index (Phi) is 5.56.